The maximum atomic E-state index is 12.1. The number of rotatable bonds is 8. The van der Waals surface area contributed by atoms with Gasteiger partial charge in [0.05, 0.1) is 7.11 Å². The summed E-state index contributed by atoms with van der Waals surface area (Å²) in [6, 6.07) is 7.84. The fourth-order valence-electron chi connectivity index (χ4n) is 2.69. The van der Waals surface area contributed by atoms with Crippen molar-refractivity contribution in [2.75, 3.05) is 13.7 Å². The summed E-state index contributed by atoms with van der Waals surface area (Å²) >= 11 is 1.48. The molecule has 0 atom stereocenters. The predicted molar refractivity (Wildman–Crippen MR) is 101 cm³/mol. The van der Waals surface area contributed by atoms with Crippen molar-refractivity contribution in [3.8, 4) is 5.75 Å². The van der Waals surface area contributed by atoms with Crippen LogP contribution in [0.1, 0.15) is 42.6 Å². The van der Waals surface area contributed by atoms with Crippen molar-refractivity contribution in [3.63, 3.8) is 0 Å². The Kier molecular flexibility index (Phi) is 5.82. The van der Waals surface area contributed by atoms with E-state index in [1.165, 1.54) is 11.3 Å². The van der Waals surface area contributed by atoms with E-state index in [0.717, 1.165) is 33.5 Å². The van der Waals surface area contributed by atoms with Gasteiger partial charge in [-0.25, -0.2) is 0 Å². The van der Waals surface area contributed by atoms with E-state index in [2.05, 4.69) is 34.5 Å². The molecule has 138 valence electrons. The van der Waals surface area contributed by atoms with Gasteiger partial charge in [0.15, 0.2) is 5.82 Å². The van der Waals surface area contributed by atoms with Gasteiger partial charge < -0.3 is 10.1 Å². The fourth-order valence-corrected chi connectivity index (χ4v) is 3.53. The molecular formula is C18H23N5O2S. The molecule has 2 aromatic heterocycles. The molecule has 0 fully saturated rings. The van der Waals surface area contributed by atoms with Crippen LogP contribution in [0.5, 0.6) is 5.75 Å². The van der Waals surface area contributed by atoms with E-state index >= 15 is 0 Å². The number of carbonyl (C=O) groups excluding carboxylic acids is 1. The van der Waals surface area contributed by atoms with Gasteiger partial charge in [-0.3, -0.25) is 4.79 Å². The summed E-state index contributed by atoms with van der Waals surface area (Å²) in [6.07, 6.45) is 1.75. The third-order valence-electron chi connectivity index (χ3n) is 4.05. The number of nitrogens with zero attached hydrogens (tertiary/aromatic N) is 4. The van der Waals surface area contributed by atoms with Crippen LogP contribution in [0.3, 0.4) is 0 Å². The molecule has 1 amide bonds. The quantitative estimate of drug-likeness (QED) is 0.656. The summed E-state index contributed by atoms with van der Waals surface area (Å²) in [5.74, 6) is 1.99. The zero-order valence-electron chi connectivity index (χ0n) is 15.2. The van der Waals surface area contributed by atoms with E-state index in [1.807, 2.05) is 24.3 Å². The normalized spacial score (nSPS) is 11.2. The number of para-hydroxylation sites is 1. The number of aryl methyl sites for hydroxylation is 1. The Morgan fingerprint density at radius 3 is 2.85 bits per heavy atom. The first-order valence-corrected chi connectivity index (χ1v) is 9.49. The molecule has 0 radical (unpaired) electrons. The molecule has 26 heavy (non-hydrogen) atoms. The third-order valence-corrected chi connectivity index (χ3v) is 5.01. The molecule has 0 spiro atoms. The van der Waals surface area contributed by atoms with Crippen molar-refractivity contribution >= 4 is 22.2 Å². The number of hydrogen-bond acceptors (Lipinski definition) is 6. The van der Waals surface area contributed by atoms with E-state index in [-0.39, 0.29) is 11.8 Å². The standard InChI is InChI=1S/C18H23N5O2S/c1-12(2)17-20-21-18-23(17)22-16(26-18)9-8-15(24)19-11-10-13-6-4-5-7-14(13)25-3/h4-7,12H,8-11H2,1-3H3,(H,19,24). The minimum absolute atomic E-state index is 0.0231. The van der Waals surface area contributed by atoms with Crippen LogP contribution in [0.4, 0.5) is 0 Å². The van der Waals surface area contributed by atoms with Crippen molar-refractivity contribution in [1.82, 2.24) is 25.1 Å². The van der Waals surface area contributed by atoms with Gasteiger partial charge in [-0.2, -0.15) is 9.61 Å². The first kappa shape index (κ1) is 18.3. The molecule has 3 rings (SSSR count). The van der Waals surface area contributed by atoms with Gasteiger partial charge in [-0.05, 0) is 18.1 Å². The van der Waals surface area contributed by atoms with Crippen molar-refractivity contribution in [2.45, 2.75) is 39.0 Å². The van der Waals surface area contributed by atoms with E-state index in [4.69, 9.17) is 4.74 Å². The summed E-state index contributed by atoms with van der Waals surface area (Å²) in [5, 5.41) is 16.7. The average Bonchev–Trinajstić information content (AvgIpc) is 3.20. The molecule has 1 N–H and O–H groups in total. The van der Waals surface area contributed by atoms with Crippen LogP contribution in [0.2, 0.25) is 0 Å². The monoisotopic (exact) mass is 373 g/mol. The molecule has 1 aromatic carbocycles. The summed E-state index contributed by atoms with van der Waals surface area (Å²) in [5.41, 5.74) is 1.09. The van der Waals surface area contributed by atoms with Gasteiger partial charge >= 0.3 is 0 Å². The number of amides is 1. The SMILES string of the molecule is COc1ccccc1CCNC(=O)CCc1nn2c(C(C)C)nnc2s1. The van der Waals surface area contributed by atoms with E-state index < -0.39 is 0 Å². The lowest BCUT2D eigenvalue weighted by molar-refractivity contribution is -0.121. The first-order valence-electron chi connectivity index (χ1n) is 8.68. The number of aromatic nitrogens is 4. The van der Waals surface area contributed by atoms with Crippen LogP contribution in [0.25, 0.3) is 4.96 Å². The smallest absolute Gasteiger partial charge is 0.234 e. The Balaban J connectivity index is 1.48. The van der Waals surface area contributed by atoms with E-state index in [0.29, 0.717) is 19.4 Å². The zero-order valence-corrected chi connectivity index (χ0v) is 16.0. The van der Waals surface area contributed by atoms with Crippen molar-refractivity contribution in [2.24, 2.45) is 0 Å². The highest BCUT2D eigenvalue weighted by Gasteiger charge is 2.14. The van der Waals surface area contributed by atoms with Gasteiger partial charge in [0, 0.05) is 25.3 Å². The zero-order chi connectivity index (χ0) is 18.5. The summed E-state index contributed by atoms with van der Waals surface area (Å²) in [4.78, 5) is 12.9. The molecule has 0 aliphatic rings. The van der Waals surface area contributed by atoms with Crippen molar-refractivity contribution < 1.29 is 9.53 Å². The molecule has 2 heterocycles. The lowest BCUT2D eigenvalue weighted by Gasteiger charge is -2.08. The number of fused-ring (bicyclic) bond motifs is 1. The van der Waals surface area contributed by atoms with Crippen LogP contribution in [0.15, 0.2) is 24.3 Å². The average molecular weight is 373 g/mol. The Labute approximate surface area is 156 Å². The molecule has 0 saturated carbocycles. The van der Waals surface area contributed by atoms with Gasteiger partial charge in [-0.1, -0.05) is 43.4 Å². The predicted octanol–water partition coefficient (Wildman–Crippen LogP) is 2.61. The van der Waals surface area contributed by atoms with Crippen molar-refractivity contribution in [3.05, 3.63) is 40.7 Å². The Morgan fingerprint density at radius 1 is 1.27 bits per heavy atom. The van der Waals surface area contributed by atoms with Gasteiger partial charge in [-0.15, -0.1) is 10.2 Å². The Hall–Kier alpha value is -2.48. The molecule has 8 heteroatoms. The van der Waals surface area contributed by atoms with Crippen LogP contribution < -0.4 is 10.1 Å². The largest absolute Gasteiger partial charge is 0.496 e. The molecule has 0 unspecified atom stereocenters. The van der Waals surface area contributed by atoms with Gasteiger partial charge in [0.2, 0.25) is 10.9 Å². The molecule has 0 saturated heterocycles. The van der Waals surface area contributed by atoms with E-state index in [1.54, 1.807) is 11.6 Å². The number of methoxy groups -OCH3 is 1. The molecule has 0 aliphatic carbocycles. The highest BCUT2D eigenvalue weighted by atomic mass is 32.1. The van der Waals surface area contributed by atoms with Crippen molar-refractivity contribution in [1.29, 1.82) is 0 Å². The summed E-state index contributed by atoms with van der Waals surface area (Å²) < 4.78 is 7.10. The molecule has 0 aliphatic heterocycles. The Bertz CT molecular complexity index is 887. The van der Waals surface area contributed by atoms with Crippen LogP contribution in [0, 0.1) is 0 Å². The second kappa shape index (κ2) is 8.27. The third kappa shape index (κ3) is 4.19. The second-order valence-electron chi connectivity index (χ2n) is 6.31. The lowest BCUT2D eigenvalue weighted by atomic mass is 10.1. The molecule has 0 bridgehead atoms. The lowest BCUT2D eigenvalue weighted by Crippen LogP contribution is -2.26. The Morgan fingerprint density at radius 2 is 2.08 bits per heavy atom. The number of benzene rings is 1. The molecular weight excluding hydrogens is 350 g/mol. The number of carbonyl (C=O) groups is 1. The van der Waals surface area contributed by atoms with Crippen LogP contribution in [-0.4, -0.2) is 39.4 Å². The van der Waals surface area contributed by atoms with Crippen LogP contribution in [-0.2, 0) is 17.6 Å². The minimum atomic E-state index is 0.0231. The highest BCUT2D eigenvalue weighted by molar-refractivity contribution is 7.16. The summed E-state index contributed by atoms with van der Waals surface area (Å²) in [7, 11) is 1.66. The first-order chi connectivity index (χ1) is 12.6. The maximum Gasteiger partial charge on any atom is 0.234 e. The fraction of sp³-hybridized carbons (Fsp3) is 0.444. The van der Waals surface area contributed by atoms with Gasteiger partial charge in [0.1, 0.15) is 10.8 Å². The maximum absolute atomic E-state index is 12.1. The van der Waals surface area contributed by atoms with Gasteiger partial charge in [0.25, 0.3) is 0 Å². The molecule has 7 nitrogen and oxygen atoms in total. The topological polar surface area (TPSA) is 81.4 Å². The number of nitrogens with one attached hydrogen (secondary N) is 1. The van der Waals surface area contributed by atoms with Crippen LogP contribution >= 0.6 is 11.3 Å². The molecule has 3 aromatic rings. The number of hydrogen-bond donors (Lipinski definition) is 1. The second-order valence-corrected chi connectivity index (χ2v) is 7.36. The van der Waals surface area contributed by atoms with E-state index in [9.17, 15) is 4.79 Å². The summed E-state index contributed by atoms with van der Waals surface area (Å²) in [6.45, 7) is 4.71. The minimum Gasteiger partial charge on any atom is -0.496 e. The number of ether oxygens (including phenoxy) is 1. The highest BCUT2D eigenvalue weighted by Crippen LogP contribution is 2.19.